The van der Waals surface area contributed by atoms with Crippen LogP contribution in [0.1, 0.15) is 15.9 Å². The summed E-state index contributed by atoms with van der Waals surface area (Å²) in [7, 11) is 3.64. The molecule has 0 bridgehead atoms. The zero-order valence-corrected chi connectivity index (χ0v) is 17.9. The molecule has 0 aliphatic heterocycles. The summed E-state index contributed by atoms with van der Waals surface area (Å²) < 4.78 is 14.5. The number of aromatic nitrogens is 3. The van der Waals surface area contributed by atoms with E-state index in [-0.39, 0.29) is 17.4 Å². The van der Waals surface area contributed by atoms with E-state index in [1.807, 2.05) is 31.3 Å². The second-order valence-electron chi connectivity index (χ2n) is 7.78. The summed E-state index contributed by atoms with van der Waals surface area (Å²) in [6, 6.07) is 15.6. The van der Waals surface area contributed by atoms with Gasteiger partial charge in [-0.25, -0.2) is 14.2 Å². The van der Waals surface area contributed by atoms with E-state index in [4.69, 9.17) is 0 Å². The maximum Gasteiger partial charge on any atom is 0.327 e. The zero-order chi connectivity index (χ0) is 22.7. The summed E-state index contributed by atoms with van der Waals surface area (Å²) in [6.07, 6.45) is 1.68. The molecule has 7 nitrogen and oxygen atoms in total. The second kappa shape index (κ2) is 9.15. The first-order valence-electron chi connectivity index (χ1n) is 10.3. The highest BCUT2D eigenvalue weighted by Gasteiger charge is 2.10. The van der Waals surface area contributed by atoms with Gasteiger partial charge in [-0.2, -0.15) is 0 Å². The number of benzene rings is 2. The summed E-state index contributed by atoms with van der Waals surface area (Å²) in [5, 5.41) is 2.94. The van der Waals surface area contributed by atoms with E-state index < -0.39 is 0 Å². The van der Waals surface area contributed by atoms with Crippen LogP contribution >= 0.6 is 0 Å². The standard InChI is InChI=1S/C24H24FN5O2/c1-29(15-16-6-8-20(25)9-7-16)11-10-26-23(31)18-5-3-4-17(12-18)19-13-21-22(27-14-19)28-24(32)30(21)2/h3-9,12-14H,10-11,15H2,1-2H3,(H,26,31)(H,27,28,32). The van der Waals surface area contributed by atoms with E-state index in [0.717, 1.165) is 16.7 Å². The van der Waals surface area contributed by atoms with Crippen molar-refractivity contribution in [3.8, 4) is 11.1 Å². The number of aromatic amines is 1. The van der Waals surface area contributed by atoms with E-state index in [1.54, 1.807) is 31.4 Å². The molecule has 4 rings (SSSR count). The second-order valence-corrected chi connectivity index (χ2v) is 7.78. The molecule has 0 saturated carbocycles. The molecular weight excluding hydrogens is 409 g/mol. The Morgan fingerprint density at radius 1 is 1.16 bits per heavy atom. The Kier molecular flexibility index (Phi) is 6.13. The van der Waals surface area contributed by atoms with Gasteiger partial charge in [0.15, 0.2) is 5.65 Å². The Labute approximate surface area is 184 Å². The predicted octanol–water partition coefficient (Wildman–Crippen LogP) is 2.93. The normalized spacial score (nSPS) is 11.2. The third kappa shape index (κ3) is 4.76. The van der Waals surface area contributed by atoms with Gasteiger partial charge in [-0.1, -0.05) is 24.3 Å². The number of carbonyl (C=O) groups excluding carboxylic acids is 1. The van der Waals surface area contributed by atoms with Gasteiger partial charge in [-0.05, 0) is 48.5 Å². The Balaban J connectivity index is 1.38. The van der Waals surface area contributed by atoms with E-state index >= 15 is 0 Å². The lowest BCUT2D eigenvalue weighted by Gasteiger charge is -2.17. The smallest absolute Gasteiger partial charge is 0.327 e. The van der Waals surface area contributed by atoms with Crippen molar-refractivity contribution < 1.29 is 9.18 Å². The van der Waals surface area contributed by atoms with Crippen LogP contribution in [-0.4, -0.2) is 45.5 Å². The van der Waals surface area contributed by atoms with Crippen molar-refractivity contribution in [2.24, 2.45) is 7.05 Å². The predicted molar refractivity (Wildman–Crippen MR) is 122 cm³/mol. The number of pyridine rings is 1. The number of nitrogens with zero attached hydrogens (tertiary/aromatic N) is 3. The topological polar surface area (TPSA) is 83.0 Å². The summed E-state index contributed by atoms with van der Waals surface area (Å²) in [5.41, 5.74) is 4.23. The zero-order valence-electron chi connectivity index (χ0n) is 17.9. The van der Waals surface area contributed by atoms with Crippen molar-refractivity contribution in [2.45, 2.75) is 6.54 Å². The molecule has 0 spiro atoms. The van der Waals surface area contributed by atoms with Crippen LogP contribution in [-0.2, 0) is 13.6 Å². The van der Waals surface area contributed by atoms with Gasteiger partial charge >= 0.3 is 5.69 Å². The fraction of sp³-hybridized carbons (Fsp3) is 0.208. The average molecular weight is 433 g/mol. The Morgan fingerprint density at radius 2 is 1.94 bits per heavy atom. The molecule has 2 aromatic heterocycles. The van der Waals surface area contributed by atoms with Gasteiger partial charge in [0.2, 0.25) is 0 Å². The lowest BCUT2D eigenvalue weighted by atomic mass is 10.0. The van der Waals surface area contributed by atoms with Gasteiger partial charge in [0.25, 0.3) is 5.91 Å². The molecular formula is C24H24FN5O2. The summed E-state index contributed by atoms with van der Waals surface area (Å²) in [6.45, 7) is 1.81. The molecule has 0 saturated heterocycles. The van der Waals surface area contributed by atoms with E-state index in [9.17, 15) is 14.0 Å². The largest absolute Gasteiger partial charge is 0.351 e. The number of nitrogens with one attached hydrogen (secondary N) is 2. The quantitative estimate of drug-likeness (QED) is 0.470. The lowest BCUT2D eigenvalue weighted by molar-refractivity contribution is 0.0949. The molecule has 0 aliphatic rings. The van der Waals surface area contributed by atoms with Gasteiger partial charge in [0.1, 0.15) is 5.82 Å². The lowest BCUT2D eigenvalue weighted by Crippen LogP contribution is -2.32. The number of fused-ring (bicyclic) bond motifs is 1. The van der Waals surface area contributed by atoms with Crippen molar-refractivity contribution >= 4 is 17.1 Å². The van der Waals surface area contributed by atoms with E-state index in [2.05, 4.69) is 20.2 Å². The van der Waals surface area contributed by atoms with Crippen LogP contribution in [0.25, 0.3) is 22.3 Å². The number of hydrogen-bond donors (Lipinski definition) is 2. The maximum absolute atomic E-state index is 13.0. The molecule has 1 amide bonds. The summed E-state index contributed by atoms with van der Waals surface area (Å²) in [5.74, 6) is -0.413. The first kappa shape index (κ1) is 21.5. The molecule has 0 aliphatic carbocycles. The van der Waals surface area contributed by atoms with Gasteiger partial charge < -0.3 is 10.2 Å². The van der Waals surface area contributed by atoms with Gasteiger partial charge in [-0.3, -0.25) is 14.3 Å². The molecule has 32 heavy (non-hydrogen) atoms. The molecule has 2 N–H and O–H groups in total. The third-order valence-electron chi connectivity index (χ3n) is 5.36. The molecule has 0 radical (unpaired) electrons. The SMILES string of the molecule is CN(CCNC(=O)c1cccc(-c2cnc3[nH]c(=O)n(C)c3c2)c1)Cc1ccc(F)cc1. The van der Waals surface area contributed by atoms with Crippen LogP contribution in [0.3, 0.4) is 0 Å². The molecule has 0 atom stereocenters. The maximum atomic E-state index is 13.0. The third-order valence-corrected chi connectivity index (χ3v) is 5.36. The van der Waals surface area contributed by atoms with Crippen LogP contribution in [0.2, 0.25) is 0 Å². The Morgan fingerprint density at radius 3 is 2.72 bits per heavy atom. The van der Waals surface area contributed by atoms with Gasteiger partial charge in [0.05, 0.1) is 5.52 Å². The highest BCUT2D eigenvalue weighted by Crippen LogP contribution is 2.22. The fourth-order valence-electron chi connectivity index (χ4n) is 3.54. The van der Waals surface area contributed by atoms with Crippen molar-refractivity contribution in [3.05, 3.63) is 88.2 Å². The monoisotopic (exact) mass is 433 g/mol. The highest BCUT2D eigenvalue weighted by atomic mass is 19.1. The average Bonchev–Trinajstić information content (AvgIpc) is 3.08. The van der Waals surface area contributed by atoms with Crippen LogP contribution in [0.4, 0.5) is 4.39 Å². The minimum atomic E-state index is -0.251. The van der Waals surface area contributed by atoms with Crippen molar-refractivity contribution in [1.82, 2.24) is 24.8 Å². The number of hydrogen-bond acceptors (Lipinski definition) is 4. The molecule has 0 unspecified atom stereocenters. The van der Waals surface area contributed by atoms with Crippen molar-refractivity contribution in [2.75, 3.05) is 20.1 Å². The van der Waals surface area contributed by atoms with Gasteiger partial charge in [0, 0.05) is 44.0 Å². The van der Waals surface area contributed by atoms with Crippen molar-refractivity contribution in [3.63, 3.8) is 0 Å². The van der Waals surface area contributed by atoms with E-state index in [0.29, 0.717) is 36.4 Å². The molecule has 8 heteroatoms. The van der Waals surface area contributed by atoms with Crippen LogP contribution in [0.15, 0.2) is 65.6 Å². The van der Waals surface area contributed by atoms with Crippen LogP contribution < -0.4 is 11.0 Å². The van der Waals surface area contributed by atoms with Crippen molar-refractivity contribution in [1.29, 1.82) is 0 Å². The Bertz CT molecular complexity index is 1310. The minimum Gasteiger partial charge on any atom is -0.351 e. The molecule has 2 aromatic carbocycles. The first-order chi connectivity index (χ1) is 15.4. The number of aryl methyl sites for hydroxylation is 1. The Hall–Kier alpha value is -3.78. The number of amides is 1. The van der Waals surface area contributed by atoms with Crippen LogP contribution in [0, 0.1) is 5.82 Å². The number of rotatable bonds is 7. The number of H-pyrrole nitrogens is 1. The first-order valence-corrected chi connectivity index (χ1v) is 10.3. The molecule has 164 valence electrons. The van der Waals surface area contributed by atoms with Gasteiger partial charge in [-0.15, -0.1) is 0 Å². The number of likely N-dealkylation sites (N-methyl/N-ethyl adjacent to an activating group) is 1. The van der Waals surface area contributed by atoms with Crippen LogP contribution in [0.5, 0.6) is 0 Å². The van der Waals surface area contributed by atoms with E-state index in [1.165, 1.54) is 16.7 Å². The fourth-order valence-corrected chi connectivity index (χ4v) is 3.54. The minimum absolute atomic E-state index is 0.162. The highest BCUT2D eigenvalue weighted by molar-refractivity contribution is 5.95. The molecule has 2 heterocycles. The summed E-state index contributed by atoms with van der Waals surface area (Å²) in [4.78, 5) is 33.5. The molecule has 4 aromatic rings. The summed E-state index contributed by atoms with van der Waals surface area (Å²) >= 11 is 0. The number of imidazole rings is 1. The molecule has 0 fully saturated rings. The number of carbonyl (C=O) groups is 1. The number of halogens is 1.